The Morgan fingerprint density at radius 1 is 1.15 bits per heavy atom. The van der Waals surface area contributed by atoms with E-state index in [1.54, 1.807) is 26.0 Å². The number of rotatable bonds is 6. The van der Waals surface area contributed by atoms with Crippen LogP contribution < -0.4 is 0 Å². The molecule has 0 N–H and O–H groups in total. The van der Waals surface area contributed by atoms with Crippen LogP contribution >= 0.6 is 0 Å². The van der Waals surface area contributed by atoms with Crippen LogP contribution in [0.4, 0.5) is 0 Å². The number of esters is 2. The fourth-order valence-corrected chi connectivity index (χ4v) is 1.91. The fourth-order valence-electron chi connectivity index (χ4n) is 1.91. The van der Waals surface area contributed by atoms with E-state index in [-0.39, 0.29) is 0 Å². The van der Waals surface area contributed by atoms with E-state index in [1.165, 1.54) is 12.2 Å². The average Bonchev–Trinajstić information content (AvgIpc) is 2.77. The molecule has 0 aromatic carbocycles. The van der Waals surface area contributed by atoms with Crippen molar-refractivity contribution in [3.63, 3.8) is 0 Å². The fraction of sp³-hybridized carbons (Fsp3) is 0.467. The molecule has 0 saturated carbocycles. The zero-order valence-corrected chi connectivity index (χ0v) is 12.2. The molecule has 0 aromatic heterocycles. The van der Waals surface area contributed by atoms with Gasteiger partial charge in [0, 0.05) is 19.2 Å². The molecule has 1 rings (SSSR count). The van der Waals surface area contributed by atoms with Gasteiger partial charge in [-0.25, -0.2) is 9.59 Å². The lowest BCUT2D eigenvalue weighted by atomic mass is 9.95. The van der Waals surface area contributed by atoms with Crippen molar-refractivity contribution >= 4 is 11.9 Å². The maximum Gasteiger partial charge on any atom is 0.330 e. The molecule has 0 aromatic rings. The van der Waals surface area contributed by atoms with Crippen molar-refractivity contribution in [3.8, 4) is 0 Å². The van der Waals surface area contributed by atoms with Crippen molar-refractivity contribution in [2.75, 3.05) is 20.3 Å². The third-order valence-electron chi connectivity index (χ3n) is 3.02. The lowest BCUT2D eigenvalue weighted by Crippen LogP contribution is -2.36. The van der Waals surface area contributed by atoms with E-state index in [9.17, 15) is 9.59 Å². The molecular weight excluding hydrogens is 258 g/mol. The van der Waals surface area contributed by atoms with Crippen molar-refractivity contribution in [3.05, 3.63) is 36.6 Å². The third-order valence-corrected chi connectivity index (χ3v) is 3.02. The summed E-state index contributed by atoms with van der Waals surface area (Å²) < 4.78 is 9.73. The van der Waals surface area contributed by atoms with Crippen LogP contribution in [0.1, 0.15) is 20.3 Å². The van der Waals surface area contributed by atoms with Gasteiger partial charge < -0.3 is 14.4 Å². The number of ether oxygens (including phenoxy) is 2. The minimum Gasteiger partial charge on any atom is -0.463 e. The number of carbonyl (C=O) groups is 2. The SMILES string of the molecule is CCOC(=O)C=CC1(C=CC(=O)OCC)CC=CN1C. The summed E-state index contributed by atoms with van der Waals surface area (Å²) in [6.45, 7) is 4.18. The Kier molecular flexibility index (Phi) is 6.03. The van der Waals surface area contributed by atoms with Crippen LogP contribution in [-0.4, -0.2) is 42.6 Å². The topological polar surface area (TPSA) is 55.8 Å². The van der Waals surface area contributed by atoms with Gasteiger partial charge in [-0.15, -0.1) is 0 Å². The number of hydrogen-bond acceptors (Lipinski definition) is 5. The molecule has 0 unspecified atom stereocenters. The predicted molar refractivity (Wildman–Crippen MR) is 75.8 cm³/mol. The molecule has 1 heterocycles. The summed E-state index contributed by atoms with van der Waals surface area (Å²) in [6, 6.07) is 0. The summed E-state index contributed by atoms with van der Waals surface area (Å²) in [5.41, 5.74) is -0.528. The molecule has 0 aliphatic carbocycles. The highest BCUT2D eigenvalue weighted by atomic mass is 16.5. The van der Waals surface area contributed by atoms with Crippen LogP contribution in [0.3, 0.4) is 0 Å². The van der Waals surface area contributed by atoms with Gasteiger partial charge in [0.15, 0.2) is 0 Å². The van der Waals surface area contributed by atoms with Crippen LogP contribution in [0.5, 0.6) is 0 Å². The maximum absolute atomic E-state index is 11.4. The second kappa shape index (κ2) is 7.53. The van der Waals surface area contributed by atoms with Crippen molar-refractivity contribution in [1.82, 2.24) is 4.90 Å². The predicted octanol–water partition coefficient (Wildman–Crippen LogP) is 1.81. The molecule has 110 valence electrons. The molecule has 0 bridgehead atoms. The average molecular weight is 279 g/mol. The van der Waals surface area contributed by atoms with Crippen LogP contribution in [0.25, 0.3) is 0 Å². The molecule has 0 amide bonds. The molecule has 0 radical (unpaired) electrons. The smallest absolute Gasteiger partial charge is 0.330 e. The molecule has 0 fully saturated rings. The van der Waals surface area contributed by atoms with Crippen LogP contribution in [-0.2, 0) is 19.1 Å². The summed E-state index contributed by atoms with van der Waals surface area (Å²) in [5, 5.41) is 0. The van der Waals surface area contributed by atoms with Gasteiger partial charge in [-0.3, -0.25) is 0 Å². The summed E-state index contributed by atoms with van der Waals surface area (Å²) in [7, 11) is 1.88. The van der Waals surface area contributed by atoms with Gasteiger partial charge in [0.25, 0.3) is 0 Å². The zero-order chi connectivity index (χ0) is 15.0. The normalized spacial score (nSPS) is 21.9. The molecular formula is C15H21NO4. The Balaban J connectivity index is 2.83. The molecule has 1 aliphatic heterocycles. The Bertz CT molecular complexity index is 409. The maximum atomic E-state index is 11.4. The Labute approximate surface area is 119 Å². The van der Waals surface area contributed by atoms with Crippen LogP contribution in [0.15, 0.2) is 36.6 Å². The summed E-state index contributed by atoms with van der Waals surface area (Å²) in [5.74, 6) is -0.784. The quantitative estimate of drug-likeness (QED) is 0.548. The van der Waals surface area contributed by atoms with Gasteiger partial charge in [-0.05, 0) is 38.6 Å². The minimum atomic E-state index is -0.528. The minimum absolute atomic E-state index is 0.336. The van der Waals surface area contributed by atoms with Gasteiger partial charge in [0.1, 0.15) is 0 Å². The van der Waals surface area contributed by atoms with E-state index < -0.39 is 17.5 Å². The van der Waals surface area contributed by atoms with E-state index in [1.807, 2.05) is 24.2 Å². The molecule has 0 saturated heterocycles. The highest BCUT2D eigenvalue weighted by Crippen LogP contribution is 2.28. The summed E-state index contributed by atoms with van der Waals surface area (Å²) >= 11 is 0. The number of likely N-dealkylation sites (N-methyl/N-ethyl adjacent to an activating group) is 1. The summed E-state index contributed by atoms with van der Waals surface area (Å²) in [4.78, 5) is 24.8. The van der Waals surface area contributed by atoms with E-state index in [0.29, 0.717) is 19.6 Å². The van der Waals surface area contributed by atoms with Gasteiger partial charge >= 0.3 is 11.9 Å². The first-order valence-corrected chi connectivity index (χ1v) is 6.65. The Hall–Kier alpha value is -2.04. The molecule has 20 heavy (non-hydrogen) atoms. The number of nitrogens with zero attached hydrogens (tertiary/aromatic N) is 1. The van der Waals surface area contributed by atoms with E-state index >= 15 is 0 Å². The first-order chi connectivity index (χ1) is 9.54. The summed E-state index contributed by atoms with van der Waals surface area (Å²) in [6.07, 6.45) is 10.8. The second-order valence-corrected chi connectivity index (χ2v) is 4.36. The largest absolute Gasteiger partial charge is 0.463 e. The van der Waals surface area contributed by atoms with Gasteiger partial charge in [-0.1, -0.05) is 6.08 Å². The van der Waals surface area contributed by atoms with Gasteiger partial charge in [0.05, 0.1) is 18.8 Å². The van der Waals surface area contributed by atoms with Crippen molar-refractivity contribution < 1.29 is 19.1 Å². The van der Waals surface area contributed by atoms with E-state index in [0.717, 1.165) is 0 Å². The first kappa shape index (κ1) is 16.0. The number of carbonyl (C=O) groups excluding carboxylic acids is 2. The monoisotopic (exact) mass is 279 g/mol. The molecule has 0 atom stereocenters. The van der Waals surface area contributed by atoms with Crippen LogP contribution in [0.2, 0.25) is 0 Å². The molecule has 5 nitrogen and oxygen atoms in total. The molecule has 1 aliphatic rings. The van der Waals surface area contributed by atoms with Crippen molar-refractivity contribution in [1.29, 1.82) is 0 Å². The van der Waals surface area contributed by atoms with E-state index in [2.05, 4.69) is 0 Å². The lowest BCUT2D eigenvalue weighted by Gasteiger charge is -2.31. The Morgan fingerprint density at radius 2 is 1.65 bits per heavy atom. The van der Waals surface area contributed by atoms with Crippen molar-refractivity contribution in [2.24, 2.45) is 0 Å². The van der Waals surface area contributed by atoms with Gasteiger partial charge in [-0.2, -0.15) is 0 Å². The highest BCUT2D eigenvalue weighted by molar-refractivity contribution is 5.83. The Morgan fingerprint density at radius 3 is 2.00 bits per heavy atom. The number of hydrogen-bond donors (Lipinski definition) is 0. The highest BCUT2D eigenvalue weighted by Gasteiger charge is 2.30. The van der Waals surface area contributed by atoms with Gasteiger partial charge in [0.2, 0.25) is 0 Å². The standard InChI is InChI=1S/C15H21NO4/c1-4-19-13(17)7-10-15(9-6-12-16(15)3)11-8-14(18)20-5-2/h6-8,10-12H,4-5,9H2,1-3H3. The molecule has 0 spiro atoms. The second-order valence-electron chi connectivity index (χ2n) is 4.36. The van der Waals surface area contributed by atoms with E-state index in [4.69, 9.17) is 9.47 Å². The lowest BCUT2D eigenvalue weighted by molar-refractivity contribution is -0.138. The third kappa shape index (κ3) is 4.26. The van der Waals surface area contributed by atoms with Crippen molar-refractivity contribution in [2.45, 2.75) is 25.8 Å². The first-order valence-electron chi connectivity index (χ1n) is 6.65. The van der Waals surface area contributed by atoms with Crippen LogP contribution in [0, 0.1) is 0 Å². The zero-order valence-electron chi connectivity index (χ0n) is 12.2. The molecule has 5 heteroatoms.